The molecule has 0 radical (unpaired) electrons. The molecule has 88 valence electrons. The highest BCUT2D eigenvalue weighted by Gasteiger charge is 2.06. The number of aryl methyl sites for hydroxylation is 1. The normalized spacial score (nSPS) is 10.6. The summed E-state index contributed by atoms with van der Waals surface area (Å²) in [7, 11) is 3.97. The largest absolute Gasteiger partial charge is 0.351 e. The molecule has 1 amide bonds. The first-order valence-electron chi connectivity index (χ1n) is 5.20. The fourth-order valence-corrected chi connectivity index (χ4v) is 1.62. The highest BCUT2D eigenvalue weighted by Crippen LogP contribution is 2.12. The Morgan fingerprint density at radius 3 is 2.69 bits per heavy atom. The zero-order valence-corrected chi connectivity index (χ0v) is 12.0. The van der Waals surface area contributed by atoms with Crippen LogP contribution in [0, 0.1) is 10.5 Å². The van der Waals surface area contributed by atoms with Gasteiger partial charge in [0.1, 0.15) is 0 Å². The Morgan fingerprint density at radius 2 is 2.12 bits per heavy atom. The second-order valence-corrected chi connectivity index (χ2v) is 5.19. The third kappa shape index (κ3) is 4.09. The molecule has 0 aromatic heterocycles. The van der Waals surface area contributed by atoms with Crippen LogP contribution in [-0.4, -0.2) is 38.0 Å². The van der Waals surface area contributed by atoms with E-state index in [-0.39, 0.29) is 5.91 Å². The molecular weight excluding hydrogens is 315 g/mol. The van der Waals surface area contributed by atoms with E-state index in [4.69, 9.17) is 0 Å². The predicted molar refractivity (Wildman–Crippen MR) is 74.8 cm³/mol. The van der Waals surface area contributed by atoms with Gasteiger partial charge in [0.15, 0.2) is 0 Å². The molecule has 3 nitrogen and oxygen atoms in total. The van der Waals surface area contributed by atoms with Gasteiger partial charge in [-0.3, -0.25) is 4.79 Å². The van der Waals surface area contributed by atoms with Crippen molar-refractivity contribution in [2.24, 2.45) is 0 Å². The van der Waals surface area contributed by atoms with Crippen LogP contribution in [0.1, 0.15) is 15.9 Å². The average molecular weight is 332 g/mol. The van der Waals surface area contributed by atoms with E-state index in [1.165, 1.54) is 3.57 Å². The SMILES string of the molecule is Cc1cc(C(=O)NCCN(C)C)ccc1I. The summed E-state index contributed by atoms with van der Waals surface area (Å²) >= 11 is 2.26. The zero-order chi connectivity index (χ0) is 12.1. The lowest BCUT2D eigenvalue weighted by Crippen LogP contribution is -2.31. The number of carbonyl (C=O) groups is 1. The lowest BCUT2D eigenvalue weighted by atomic mass is 10.1. The number of carbonyl (C=O) groups excluding carboxylic acids is 1. The Labute approximate surface area is 110 Å². The maximum Gasteiger partial charge on any atom is 0.251 e. The summed E-state index contributed by atoms with van der Waals surface area (Å²) in [6, 6.07) is 5.75. The van der Waals surface area contributed by atoms with Gasteiger partial charge >= 0.3 is 0 Å². The minimum Gasteiger partial charge on any atom is -0.351 e. The van der Waals surface area contributed by atoms with Crippen molar-refractivity contribution >= 4 is 28.5 Å². The molecule has 0 bridgehead atoms. The first-order valence-corrected chi connectivity index (χ1v) is 6.27. The first kappa shape index (κ1) is 13.4. The van der Waals surface area contributed by atoms with Gasteiger partial charge in [-0.1, -0.05) is 0 Å². The molecule has 0 unspecified atom stereocenters. The van der Waals surface area contributed by atoms with E-state index < -0.39 is 0 Å². The summed E-state index contributed by atoms with van der Waals surface area (Å²) in [4.78, 5) is 13.8. The first-order chi connectivity index (χ1) is 7.50. The number of hydrogen-bond acceptors (Lipinski definition) is 2. The topological polar surface area (TPSA) is 32.3 Å². The molecule has 16 heavy (non-hydrogen) atoms. The van der Waals surface area contributed by atoms with Crippen LogP contribution in [0.2, 0.25) is 0 Å². The monoisotopic (exact) mass is 332 g/mol. The number of nitrogens with one attached hydrogen (secondary N) is 1. The van der Waals surface area contributed by atoms with Crippen LogP contribution in [0.4, 0.5) is 0 Å². The lowest BCUT2D eigenvalue weighted by Gasteiger charge is -2.10. The van der Waals surface area contributed by atoms with Gasteiger partial charge in [-0.25, -0.2) is 0 Å². The molecule has 1 rings (SSSR count). The molecule has 0 spiro atoms. The van der Waals surface area contributed by atoms with Gasteiger partial charge < -0.3 is 10.2 Å². The Balaban J connectivity index is 2.56. The summed E-state index contributed by atoms with van der Waals surface area (Å²) in [5, 5.41) is 2.89. The van der Waals surface area contributed by atoms with Gasteiger partial charge in [0.2, 0.25) is 0 Å². The molecule has 0 atom stereocenters. The van der Waals surface area contributed by atoms with Crippen LogP contribution in [0.5, 0.6) is 0 Å². The van der Waals surface area contributed by atoms with Crippen molar-refractivity contribution < 1.29 is 4.79 Å². The number of likely N-dealkylation sites (N-methyl/N-ethyl adjacent to an activating group) is 1. The molecule has 1 N–H and O–H groups in total. The van der Waals surface area contributed by atoms with Gasteiger partial charge in [0, 0.05) is 22.2 Å². The Bertz CT molecular complexity index is 377. The minimum atomic E-state index is 0.00125. The molecule has 0 heterocycles. The Hall–Kier alpha value is -0.620. The highest BCUT2D eigenvalue weighted by molar-refractivity contribution is 14.1. The number of nitrogens with zero attached hydrogens (tertiary/aromatic N) is 1. The molecule has 0 fully saturated rings. The summed E-state index contributed by atoms with van der Waals surface area (Å²) in [6.07, 6.45) is 0. The Kier molecular flexibility index (Phi) is 5.21. The lowest BCUT2D eigenvalue weighted by molar-refractivity contribution is 0.0951. The second-order valence-electron chi connectivity index (χ2n) is 4.02. The number of hydrogen-bond donors (Lipinski definition) is 1. The number of halogens is 1. The highest BCUT2D eigenvalue weighted by atomic mass is 127. The van der Waals surface area contributed by atoms with E-state index in [0.717, 1.165) is 17.7 Å². The van der Waals surface area contributed by atoms with Crippen LogP contribution in [-0.2, 0) is 0 Å². The molecule has 1 aromatic carbocycles. The molecule has 4 heteroatoms. The smallest absolute Gasteiger partial charge is 0.251 e. The second kappa shape index (κ2) is 6.20. The van der Waals surface area contributed by atoms with Crippen LogP contribution < -0.4 is 5.32 Å². The van der Waals surface area contributed by atoms with Crippen molar-refractivity contribution in [3.63, 3.8) is 0 Å². The molecule has 0 saturated carbocycles. The van der Waals surface area contributed by atoms with Crippen molar-refractivity contribution in [2.75, 3.05) is 27.2 Å². The summed E-state index contributed by atoms with van der Waals surface area (Å²) in [5.74, 6) is 0.00125. The van der Waals surface area contributed by atoms with Crippen LogP contribution in [0.25, 0.3) is 0 Å². The number of rotatable bonds is 4. The Morgan fingerprint density at radius 1 is 1.44 bits per heavy atom. The maximum absolute atomic E-state index is 11.8. The van der Waals surface area contributed by atoms with Gasteiger partial charge in [0.05, 0.1) is 0 Å². The van der Waals surface area contributed by atoms with Crippen molar-refractivity contribution in [3.8, 4) is 0 Å². The number of benzene rings is 1. The third-order valence-electron chi connectivity index (χ3n) is 2.26. The fraction of sp³-hybridized carbons (Fsp3) is 0.417. The van der Waals surface area contributed by atoms with Crippen molar-refractivity contribution in [1.29, 1.82) is 0 Å². The minimum absolute atomic E-state index is 0.00125. The van der Waals surface area contributed by atoms with E-state index in [2.05, 4.69) is 27.9 Å². The van der Waals surface area contributed by atoms with Crippen LogP contribution >= 0.6 is 22.6 Å². The van der Waals surface area contributed by atoms with Gasteiger partial charge in [0.25, 0.3) is 5.91 Å². The molecule has 0 aliphatic heterocycles. The predicted octanol–water partition coefficient (Wildman–Crippen LogP) is 1.89. The zero-order valence-electron chi connectivity index (χ0n) is 9.88. The summed E-state index contributed by atoms with van der Waals surface area (Å²) in [6.45, 7) is 3.55. The molecular formula is C12H17IN2O. The van der Waals surface area contributed by atoms with Gasteiger partial charge in [-0.05, 0) is 67.4 Å². The van der Waals surface area contributed by atoms with Crippen LogP contribution in [0.3, 0.4) is 0 Å². The van der Waals surface area contributed by atoms with Crippen LogP contribution in [0.15, 0.2) is 18.2 Å². The third-order valence-corrected chi connectivity index (χ3v) is 3.48. The maximum atomic E-state index is 11.8. The van der Waals surface area contributed by atoms with Crippen molar-refractivity contribution in [3.05, 3.63) is 32.9 Å². The van der Waals surface area contributed by atoms with E-state index in [9.17, 15) is 4.79 Å². The van der Waals surface area contributed by atoms with E-state index in [1.54, 1.807) is 0 Å². The molecule has 0 aliphatic carbocycles. The summed E-state index contributed by atoms with van der Waals surface area (Å²) < 4.78 is 1.18. The van der Waals surface area contributed by atoms with Gasteiger partial charge in [-0.15, -0.1) is 0 Å². The van der Waals surface area contributed by atoms with Gasteiger partial charge in [-0.2, -0.15) is 0 Å². The van der Waals surface area contributed by atoms with E-state index in [0.29, 0.717) is 6.54 Å². The fourth-order valence-electron chi connectivity index (χ4n) is 1.28. The quantitative estimate of drug-likeness (QED) is 0.854. The van der Waals surface area contributed by atoms with Crippen molar-refractivity contribution in [1.82, 2.24) is 10.2 Å². The molecule has 0 saturated heterocycles. The average Bonchev–Trinajstić information content (AvgIpc) is 2.21. The molecule has 1 aromatic rings. The summed E-state index contributed by atoms with van der Waals surface area (Å²) in [5.41, 5.74) is 1.87. The molecule has 0 aliphatic rings. The number of amides is 1. The van der Waals surface area contributed by atoms with Crippen molar-refractivity contribution in [2.45, 2.75) is 6.92 Å². The standard InChI is InChI=1S/C12H17IN2O/c1-9-8-10(4-5-11(9)13)12(16)14-6-7-15(2)3/h4-5,8H,6-7H2,1-3H3,(H,14,16). The van der Waals surface area contributed by atoms with E-state index >= 15 is 0 Å². The van der Waals surface area contributed by atoms with E-state index in [1.807, 2.05) is 44.1 Å².